The van der Waals surface area contributed by atoms with Crippen LogP contribution in [-0.4, -0.2) is 38.8 Å². The summed E-state index contributed by atoms with van der Waals surface area (Å²) in [6, 6.07) is 1.04. The number of hydrogen-bond acceptors (Lipinski definition) is 3. The molecule has 3 heterocycles. The Morgan fingerprint density at radius 2 is 2.09 bits per heavy atom. The van der Waals surface area contributed by atoms with Crippen LogP contribution in [0.5, 0.6) is 0 Å². The fourth-order valence-electron chi connectivity index (χ4n) is 2.68. The number of anilines is 1. The number of aromatic nitrogens is 3. The molecule has 1 fully saturated rings. The molecule has 3 rings (SSSR count). The minimum atomic E-state index is -1.23. The molecule has 2 aromatic heterocycles. The molecule has 1 N–H and O–H groups in total. The van der Waals surface area contributed by atoms with Crippen LogP contribution in [0.25, 0.3) is 0 Å². The summed E-state index contributed by atoms with van der Waals surface area (Å²) in [5.74, 6) is -2.38. The van der Waals surface area contributed by atoms with Gasteiger partial charge in [0.2, 0.25) is 5.82 Å². The number of piperidine rings is 1. The maximum Gasteiger partial charge on any atom is 0.321 e. The van der Waals surface area contributed by atoms with Gasteiger partial charge in [0.25, 0.3) is 5.95 Å². The molecule has 23 heavy (non-hydrogen) atoms. The standard InChI is InChI=1S/C15H17F2N5O/c1-10-8-19-22(9-10)11-3-6-21(7-4-11)15(23)20-12-2-5-18-14(17)13(12)16/h2,5,8-9,11H,3-4,6-7H2,1H3,(H,18,20,23). The molecule has 0 aromatic carbocycles. The lowest BCUT2D eigenvalue weighted by Gasteiger charge is -2.32. The zero-order valence-electron chi connectivity index (χ0n) is 12.7. The van der Waals surface area contributed by atoms with Crippen LogP contribution < -0.4 is 5.32 Å². The van der Waals surface area contributed by atoms with E-state index in [-0.39, 0.29) is 11.7 Å². The van der Waals surface area contributed by atoms with Gasteiger partial charge in [-0.15, -0.1) is 0 Å². The van der Waals surface area contributed by atoms with E-state index in [1.165, 1.54) is 6.07 Å². The van der Waals surface area contributed by atoms with Crippen molar-refractivity contribution in [3.63, 3.8) is 0 Å². The van der Waals surface area contributed by atoms with Gasteiger partial charge in [-0.25, -0.2) is 9.78 Å². The van der Waals surface area contributed by atoms with Crippen LogP contribution in [0.1, 0.15) is 24.4 Å². The number of urea groups is 1. The van der Waals surface area contributed by atoms with E-state index in [2.05, 4.69) is 15.4 Å². The van der Waals surface area contributed by atoms with Gasteiger partial charge in [-0.05, 0) is 31.4 Å². The number of halogens is 2. The van der Waals surface area contributed by atoms with Gasteiger partial charge < -0.3 is 10.2 Å². The highest BCUT2D eigenvalue weighted by atomic mass is 19.2. The molecule has 0 saturated carbocycles. The summed E-state index contributed by atoms with van der Waals surface area (Å²) in [5, 5.41) is 6.69. The Bertz CT molecular complexity index is 710. The average molecular weight is 321 g/mol. The third-order valence-electron chi connectivity index (χ3n) is 3.94. The van der Waals surface area contributed by atoms with E-state index in [1.807, 2.05) is 17.8 Å². The van der Waals surface area contributed by atoms with Gasteiger partial charge in [-0.3, -0.25) is 4.68 Å². The number of amides is 2. The fraction of sp³-hybridized carbons (Fsp3) is 0.400. The average Bonchev–Trinajstić information content (AvgIpc) is 2.98. The molecule has 0 radical (unpaired) electrons. The lowest BCUT2D eigenvalue weighted by atomic mass is 10.1. The number of carbonyl (C=O) groups excluding carboxylic acids is 1. The van der Waals surface area contributed by atoms with E-state index in [4.69, 9.17) is 0 Å². The van der Waals surface area contributed by atoms with Crippen molar-refractivity contribution >= 4 is 11.7 Å². The van der Waals surface area contributed by atoms with Crippen molar-refractivity contribution in [2.45, 2.75) is 25.8 Å². The van der Waals surface area contributed by atoms with Crippen molar-refractivity contribution < 1.29 is 13.6 Å². The summed E-state index contributed by atoms with van der Waals surface area (Å²) in [7, 11) is 0. The van der Waals surface area contributed by atoms with Crippen molar-refractivity contribution in [2.75, 3.05) is 18.4 Å². The predicted octanol–water partition coefficient (Wildman–Crippen LogP) is 2.73. The van der Waals surface area contributed by atoms with Crippen LogP contribution in [0.4, 0.5) is 19.3 Å². The van der Waals surface area contributed by atoms with E-state index < -0.39 is 17.8 Å². The van der Waals surface area contributed by atoms with E-state index >= 15 is 0 Å². The number of rotatable bonds is 2. The maximum absolute atomic E-state index is 13.5. The lowest BCUT2D eigenvalue weighted by molar-refractivity contribution is 0.180. The second-order valence-electron chi connectivity index (χ2n) is 5.61. The lowest BCUT2D eigenvalue weighted by Crippen LogP contribution is -2.41. The molecule has 0 bridgehead atoms. The SMILES string of the molecule is Cc1cnn(C2CCN(C(=O)Nc3ccnc(F)c3F)CC2)c1. The monoisotopic (exact) mass is 321 g/mol. The molecular formula is C15H17F2N5O. The molecule has 122 valence electrons. The second kappa shape index (κ2) is 6.31. The largest absolute Gasteiger partial charge is 0.324 e. The number of nitrogens with zero attached hydrogens (tertiary/aromatic N) is 4. The number of hydrogen-bond donors (Lipinski definition) is 1. The smallest absolute Gasteiger partial charge is 0.321 e. The van der Waals surface area contributed by atoms with Gasteiger partial charge in [-0.2, -0.15) is 13.9 Å². The first kappa shape index (κ1) is 15.4. The first-order chi connectivity index (χ1) is 11.0. The number of likely N-dealkylation sites (tertiary alicyclic amines) is 1. The molecule has 2 amide bonds. The Morgan fingerprint density at radius 1 is 1.35 bits per heavy atom. The minimum absolute atomic E-state index is 0.202. The number of nitrogens with one attached hydrogen (secondary N) is 1. The first-order valence-corrected chi connectivity index (χ1v) is 7.41. The van der Waals surface area contributed by atoms with E-state index in [0.29, 0.717) is 13.1 Å². The summed E-state index contributed by atoms with van der Waals surface area (Å²) < 4.78 is 28.5. The van der Waals surface area contributed by atoms with Gasteiger partial charge in [-0.1, -0.05) is 0 Å². The minimum Gasteiger partial charge on any atom is -0.324 e. The molecule has 0 spiro atoms. The quantitative estimate of drug-likeness (QED) is 0.865. The van der Waals surface area contributed by atoms with Crippen molar-refractivity contribution in [1.29, 1.82) is 0 Å². The summed E-state index contributed by atoms with van der Waals surface area (Å²) in [5.41, 5.74) is 0.896. The summed E-state index contributed by atoms with van der Waals surface area (Å²) in [4.78, 5) is 16.9. The van der Waals surface area contributed by atoms with Gasteiger partial charge >= 0.3 is 6.03 Å². The number of aryl methyl sites for hydroxylation is 1. The molecule has 2 aromatic rings. The highest BCUT2D eigenvalue weighted by Crippen LogP contribution is 2.23. The van der Waals surface area contributed by atoms with Crippen LogP contribution >= 0.6 is 0 Å². The van der Waals surface area contributed by atoms with Gasteiger partial charge in [0.1, 0.15) is 0 Å². The van der Waals surface area contributed by atoms with Crippen LogP contribution in [-0.2, 0) is 0 Å². The third-order valence-corrected chi connectivity index (χ3v) is 3.94. The van der Waals surface area contributed by atoms with E-state index in [9.17, 15) is 13.6 Å². The third kappa shape index (κ3) is 3.30. The molecule has 6 nitrogen and oxygen atoms in total. The fourth-order valence-corrected chi connectivity index (χ4v) is 2.68. The summed E-state index contributed by atoms with van der Waals surface area (Å²) in [6.07, 6.45) is 6.43. The Hall–Kier alpha value is -2.51. The molecule has 0 unspecified atom stereocenters. The Morgan fingerprint density at radius 3 is 2.74 bits per heavy atom. The van der Waals surface area contributed by atoms with Crippen molar-refractivity contribution in [1.82, 2.24) is 19.7 Å². The van der Waals surface area contributed by atoms with Crippen LogP contribution in [0, 0.1) is 18.7 Å². The maximum atomic E-state index is 13.5. The summed E-state index contributed by atoms with van der Waals surface area (Å²) in [6.45, 7) is 3.05. The predicted molar refractivity (Wildman–Crippen MR) is 80.0 cm³/mol. The number of carbonyl (C=O) groups is 1. The Balaban J connectivity index is 1.59. The molecule has 1 saturated heterocycles. The van der Waals surface area contributed by atoms with Gasteiger partial charge in [0.05, 0.1) is 17.9 Å². The Kier molecular flexibility index (Phi) is 4.22. The molecular weight excluding hydrogens is 304 g/mol. The zero-order chi connectivity index (χ0) is 16.4. The molecule has 1 aliphatic heterocycles. The zero-order valence-corrected chi connectivity index (χ0v) is 12.7. The summed E-state index contributed by atoms with van der Waals surface area (Å²) >= 11 is 0. The first-order valence-electron chi connectivity index (χ1n) is 7.41. The highest BCUT2D eigenvalue weighted by Gasteiger charge is 2.25. The van der Waals surface area contributed by atoms with Crippen molar-refractivity contribution in [3.05, 3.63) is 42.0 Å². The molecule has 0 aliphatic carbocycles. The van der Waals surface area contributed by atoms with Crippen LogP contribution in [0.2, 0.25) is 0 Å². The van der Waals surface area contributed by atoms with E-state index in [1.54, 1.807) is 11.1 Å². The molecule has 0 atom stereocenters. The molecule has 1 aliphatic rings. The van der Waals surface area contributed by atoms with Crippen LogP contribution in [0.3, 0.4) is 0 Å². The normalized spacial score (nSPS) is 15.7. The number of pyridine rings is 1. The van der Waals surface area contributed by atoms with Gasteiger partial charge in [0.15, 0.2) is 0 Å². The molecule has 8 heteroatoms. The van der Waals surface area contributed by atoms with Crippen molar-refractivity contribution in [2.24, 2.45) is 0 Å². The topological polar surface area (TPSA) is 63.1 Å². The van der Waals surface area contributed by atoms with E-state index in [0.717, 1.165) is 24.6 Å². The second-order valence-corrected chi connectivity index (χ2v) is 5.61. The highest BCUT2D eigenvalue weighted by molar-refractivity contribution is 5.89. The van der Waals surface area contributed by atoms with Crippen molar-refractivity contribution in [3.8, 4) is 0 Å². The Labute approximate surface area is 132 Å². The van der Waals surface area contributed by atoms with Crippen LogP contribution in [0.15, 0.2) is 24.7 Å². The van der Waals surface area contributed by atoms with Gasteiger partial charge in [0, 0.05) is 25.5 Å².